The molecule has 0 spiro atoms. The van der Waals surface area contributed by atoms with Gasteiger partial charge in [0.1, 0.15) is 6.10 Å². The molecular weight excluding hydrogens is 328 g/mol. The molecule has 0 fully saturated rings. The summed E-state index contributed by atoms with van der Waals surface area (Å²) in [6, 6.07) is 17.3. The maximum atomic E-state index is 12.2. The molecule has 1 atom stereocenters. The molecule has 0 aromatic heterocycles. The van der Waals surface area contributed by atoms with E-state index in [1.807, 2.05) is 54.6 Å². The van der Waals surface area contributed by atoms with Crippen molar-refractivity contribution in [3.8, 4) is 0 Å². The van der Waals surface area contributed by atoms with E-state index >= 15 is 0 Å². The van der Waals surface area contributed by atoms with Gasteiger partial charge in [-0.05, 0) is 24.6 Å². The fourth-order valence-electron chi connectivity index (χ4n) is 1.87. The average Bonchev–Trinajstić information content (AvgIpc) is 2.52. The number of hydrogen-bond donors (Lipinski definition) is 0. The molecule has 0 aliphatic heterocycles. The fourth-order valence-corrected chi connectivity index (χ4v) is 2.14. The molecule has 0 heterocycles. The number of Topliss-reactive ketones (excluding diaryl/α,β-unsaturated/α-hetero) is 1. The van der Waals surface area contributed by atoms with Crippen LogP contribution >= 0.6 is 15.9 Å². The summed E-state index contributed by atoms with van der Waals surface area (Å²) in [5.74, 6) is -0.00406. The molecule has 2 aromatic rings. The van der Waals surface area contributed by atoms with Gasteiger partial charge in [-0.2, -0.15) is 0 Å². The Balaban J connectivity index is 1.84. The van der Waals surface area contributed by atoms with Crippen LogP contribution < -0.4 is 0 Å². The second kappa shape index (κ2) is 7.91. The average molecular weight is 345 g/mol. The Bertz CT molecular complexity index is 603. The van der Waals surface area contributed by atoms with Gasteiger partial charge < -0.3 is 4.74 Å². The van der Waals surface area contributed by atoms with Gasteiger partial charge in [0, 0.05) is 10.0 Å². The van der Waals surface area contributed by atoms with E-state index in [1.165, 1.54) is 0 Å². The van der Waals surface area contributed by atoms with Crippen molar-refractivity contribution in [3.05, 3.63) is 76.3 Å². The van der Waals surface area contributed by atoms with Crippen molar-refractivity contribution >= 4 is 27.8 Å². The third-order valence-electron chi connectivity index (χ3n) is 3.05. The van der Waals surface area contributed by atoms with Crippen LogP contribution in [0, 0.1) is 0 Å². The van der Waals surface area contributed by atoms with Gasteiger partial charge >= 0.3 is 0 Å². The Labute approximate surface area is 133 Å². The molecule has 2 nitrogen and oxygen atoms in total. The first-order valence-electron chi connectivity index (χ1n) is 6.80. The van der Waals surface area contributed by atoms with Gasteiger partial charge in [-0.25, -0.2) is 0 Å². The number of benzene rings is 2. The summed E-state index contributed by atoms with van der Waals surface area (Å²) in [6.45, 7) is 2.19. The van der Waals surface area contributed by atoms with Crippen molar-refractivity contribution in [1.82, 2.24) is 0 Å². The number of ketones is 1. The molecule has 2 rings (SSSR count). The standard InChI is InChI=1S/C18H17BrO2/c1-14(18(20)16-9-11-17(19)12-10-16)21-13-5-8-15-6-3-2-4-7-15/h2-12,14H,13H2,1H3. The van der Waals surface area contributed by atoms with Gasteiger partial charge in [-0.3, -0.25) is 4.79 Å². The zero-order chi connectivity index (χ0) is 15.1. The van der Waals surface area contributed by atoms with E-state index < -0.39 is 6.10 Å². The molecule has 2 aromatic carbocycles. The smallest absolute Gasteiger partial charge is 0.191 e. The maximum absolute atomic E-state index is 12.2. The van der Waals surface area contributed by atoms with Crippen molar-refractivity contribution in [2.24, 2.45) is 0 Å². The third kappa shape index (κ3) is 4.96. The number of carbonyl (C=O) groups is 1. The molecule has 0 saturated carbocycles. The van der Waals surface area contributed by atoms with Gasteiger partial charge in [-0.1, -0.05) is 70.5 Å². The van der Waals surface area contributed by atoms with Crippen LogP contribution in [-0.4, -0.2) is 18.5 Å². The van der Waals surface area contributed by atoms with Gasteiger partial charge in [0.15, 0.2) is 5.78 Å². The van der Waals surface area contributed by atoms with Crippen LogP contribution in [0.3, 0.4) is 0 Å². The van der Waals surface area contributed by atoms with E-state index in [0.29, 0.717) is 12.2 Å². The number of carbonyl (C=O) groups excluding carboxylic acids is 1. The molecule has 108 valence electrons. The molecule has 0 radical (unpaired) electrons. The van der Waals surface area contributed by atoms with Crippen LogP contribution in [0.25, 0.3) is 6.08 Å². The second-order valence-electron chi connectivity index (χ2n) is 4.66. The van der Waals surface area contributed by atoms with E-state index in [0.717, 1.165) is 10.0 Å². The lowest BCUT2D eigenvalue weighted by atomic mass is 10.1. The van der Waals surface area contributed by atoms with Gasteiger partial charge in [0.25, 0.3) is 0 Å². The Morgan fingerprint density at radius 3 is 2.48 bits per heavy atom. The molecule has 0 aliphatic rings. The van der Waals surface area contributed by atoms with Crippen LogP contribution in [0.2, 0.25) is 0 Å². The Morgan fingerprint density at radius 1 is 1.14 bits per heavy atom. The lowest BCUT2D eigenvalue weighted by molar-refractivity contribution is 0.0567. The monoisotopic (exact) mass is 344 g/mol. The number of ether oxygens (including phenoxy) is 1. The molecule has 21 heavy (non-hydrogen) atoms. The summed E-state index contributed by atoms with van der Waals surface area (Å²) >= 11 is 3.35. The van der Waals surface area contributed by atoms with Crippen LogP contribution in [0.5, 0.6) is 0 Å². The summed E-state index contributed by atoms with van der Waals surface area (Å²) in [7, 11) is 0. The normalized spacial score (nSPS) is 12.5. The Kier molecular flexibility index (Phi) is 5.90. The zero-order valence-electron chi connectivity index (χ0n) is 11.8. The van der Waals surface area contributed by atoms with Crippen molar-refractivity contribution in [1.29, 1.82) is 0 Å². The Morgan fingerprint density at radius 2 is 1.81 bits per heavy atom. The summed E-state index contributed by atoms with van der Waals surface area (Å²) in [6.07, 6.45) is 3.45. The van der Waals surface area contributed by atoms with Gasteiger partial charge in [-0.15, -0.1) is 0 Å². The molecule has 1 unspecified atom stereocenters. The van der Waals surface area contributed by atoms with Crippen LogP contribution in [0.4, 0.5) is 0 Å². The van der Waals surface area contributed by atoms with Crippen LogP contribution in [0.15, 0.2) is 65.1 Å². The second-order valence-corrected chi connectivity index (χ2v) is 5.58. The molecular formula is C18H17BrO2. The topological polar surface area (TPSA) is 26.3 Å². The van der Waals surface area contributed by atoms with Crippen molar-refractivity contribution in [2.45, 2.75) is 13.0 Å². The van der Waals surface area contributed by atoms with Gasteiger partial charge in [0.05, 0.1) is 6.61 Å². The minimum Gasteiger partial charge on any atom is -0.366 e. The highest BCUT2D eigenvalue weighted by atomic mass is 79.9. The summed E-state index contributed by atoms with van der Waals surface area (Å²) < 4.78 is 6.52. The zero-order valence-corrected chi connectivity index (χ0v) is 13.4. The summed E-state index contributed by atoms with van der Waals surface area (Å²) in [4.78, 5) is 12.2. The lowest BCUT2D eigenvalue weighted by Gasteiger charge is -2.10. The van der Waals surface area contributed by atoms with Crippen molar-refractivity contribution in [2.75, 3.05) is 6.61 Å². The van der Waals surface area contributed by atoms with E-state index in [1.54, 1.807) is 19.1 Å². The molecule has 0 amide bonds. The van der Waals surface area contributed by atoms with Crippen molar-refractivity contribution in [3.63, 3.8) is 0 Å². The maximum Gasteiger partial charge on any atom is 0.191 e. The molecule has 3 heteroatoms. The number of hydrogen-bond acceptors (Lipinski definition) is 2. The summed E-state index contributed by atoms with van der Waals surface area (Å²) in [5.41, 5.74) is 1.78. The van der Waals surface area contributed by atoms with Crippen LogP contribution in [0.1, 0.15) is 22.8 Å². The van der Waals surface area contributed by atoms with E-state index in [9.17, 15) is 4.79 Å². The highest BCUT2D eigenvalue weighted by Gasteiger charge is 2.14. The number of rotatable bonds is 6. The van der Waals surface area contributed by atoms with Crippen LogP contribution in [-0.2, 0) is 4.74 Å². The first-order valence-corrected chi connectivity index (χ1v) is 7.59. The highest BCUT2D eigenvalue weighted by Crippen LogP contribution is 2.13. The van der Waals surface area contributed by atoms with E-state index in [-0.39, 0.29) is 5.78 Å². The number of halogens is 1. The minimum absolute atomic E-state index is 0.00406. The minimum atomic E-state index is -0.452. The van der Waals surface area contributed by atoms with Gasteiger partial charge in [0.2, 0.25) is 0 Å². The van der Waals surface area contributed by atoms with Crippen molar-refractivity contribution < 1.29 is 9.53 Å². The molecule has 0 bridgehead atoms. The fraction of sp³-hybridized carbons (Fsp3) is 0.167. The SMILES string of the molecule is CC(OCC=Cc1ccccc1)C(=O)c1ccc(Br)cc1. The third-order valence-corrected chi connectivity index (χ3v) is 3.58. The summed E-state index contributed by atoms with van der Waals surface area (Å²) in [5, 5.41) is 0. The lowest BCUT2D eigenvalue weighted by Crippen LogP contribution is -2.20. The molecule has 0 aliphatic carbocycles. The van der Waals surface area contributed by atoms with E-state index in [4.69, 9.17) is 4.74 Å². The predicted molar refractivity (Wildman–Crippen MR) is 89.4 cm³/mol. The quantitative estimate of drug-likeness (QED) is 0.706. The predicted octanol–water partition coefficient (Wildman–Crippen LogP) is 4.75. The Hall–Kier alpha value is -1.71. The molecule has 0 saturated heterocycles. The first-order chi connectivity index (χ1) is 10.2. The first kappa shape index (κ1) is 15.7. The molecule has 0 N–H and O–H groups in total. The largest absolute Gasteiger partial charge is 0.366 e. The van der Waals surface area contributed by atoms with E-state index in [2.05, 4.69) is 15.9 Å². The highest BCUT2D eigenvalue weighted by molar-refractivity contribution is 9.10.